The van der Waals surface area contributed by atoms with Gasteiger partial charge in [-0.3, -0.25) is 4.79 Å². The number of carboxylic acids is 1. The summed E-state index contributed by atoms with van der Waals surface area (Å²) in [6.07, 6.45) is 2.90. The molecular formula is C21H23NO3. The van der Waals surface area contributed by atoms with Crippen molar-refractivity contribution >= 4 is 11.9 Å². The summed E-state index contributed by atoms with van der Waals surface area (Å²) in [5.74, 6) is -0.985. The molecule has 1 heterocycles. The smallest absolute Gasteiger partial charge is 0.335 e. The first-order valence-electron chi connectivity index (χ1n) is 8.65. The molecule has 1 saturated heterocycles. The summed E-state index contributed by atoms with van der Waals surface area (Å²) in [6.45, 7) is 2.87. The number of aromatic carboxylic acids is 1. The number of nitrogens with zero attached hydrogens (tertiary/aromatic N) is 1. The average Bonchev–Trinajstić information content (AvgIpc) is 2.97. The third kappa shape index (κ3) is 3.73. The molecule has 1 aliphatic heterocycles. The van der Waals surface area contributed by atoms with Crippen molar-refractivity contribution in [3.63, 3.8) is 0 Å². The first-order chi connectivity index (χ1) is 12.0. The second kappa shape index (κ2) is 7.09. The lowest BCUT2D eigenvalue weighted by molar-refractivity contribution is -0.134. The second-order valence-electron chi connectivity index (χ2n) is 6.95. The molecule has 25 heavy (non-hydrogen) atoms. The van der Waals surface area contributed by atoms with E-state index in [-0.39, 0.29) is 23.4 Å². The molecule has 0 aromatic heterocycles. The molecule has 2 aromatic carbocycles. The van der Waals surface area contributed by atoms with Crippen LogP contribution in [0.15, 0.2) is 54.6 Å². The van der Waals surface area contributed by atoms with Gasteiger partial charge in [-0.25, -0.2) is 4.79 Å². The number of benzene rings is 2. The molecule has 1 fully saturated rings. The van der Waals surface area contributed by atoms with Gasteiger partial charge in [0.05, 0.1) is 12.0 Å². The van der Waals surface area contributed by atoms with E-state index in [1.54, 1.807) is 24.3 Å². The number of rotatable bonds is 5. The Labute approximate surface area is 148 Å². The number of carbonyl (C=O) groups excluding carboxylic acids is 1. The highest BCUT2D eigenvalue weighted by molar-refractivity contribution is 5.91. The Hall–Kier alpha value is -2.62. The van der Waals surface area contributed by atoms with E-state index in [4.69, 9.17) is 0 Å². The van der Waals surface area contributed by atoms with Gasteiger partial charge in [-0.2, -0.15) is 0 Å². The fourth-order valence-electron chi connectivity index (χ4n) is 3.81. The summed E-state index contributed by atoms with van der Waals surface area (Å²) >= 11 is 0. The van der Waals surface area contributed by atoms with Crippen LogP contribution in [0.5, 0.6) is 0 Å². The Morgan fingerprint density at radius 3 is 2.48 bits per heavy atom. The summed E-state index contributed by atoms with van der Waals surface area (Å²) in [7, 11) is 0. The van der Waals surface area contributed by atoms with Crippen LogP contribution in [0.25, 0.3) is 0 Å². The number of hydrogen-bond donors (Lipinski definition) is 1. The average molecular weight is 337 g/mol. The predicted molar refractivity (Wildman–Crippen MR) is 96.6 cm³/mol. The van der Waals surface area contributed by atoms with Crippen molar-refractivity contribution in [2.24, 2.45) is 0 Å². The van der Waals surface area contributed by atoms with E-state index in [9.17, 15) is 14.7 Å². The molecule has 1 N–H and O–H groups in total. The largest absolute Gasteiger partial charge is 0.478 e. The van der Waals surface area contributed by atoms with Crippen molar-refractivity contribution in [3.05, 3.63) is 71.3 Å². The van der Waals surface area contributed by atoms with Crippen molar-refractivity contribution in [2.75, 3.05) is 6.54 Å². The quantitative estimate of drug-likeness (QED) is 0.908. The van der Waals surface area contributed by atoms with Crippen molar-refractivity contribution < 1.29 is 14.7 Å². The highest BCUT2D eigenvalue weighted by atomic mass is 16.4. The fourth-order valence-corrected chi connectivity index (χ4v) is 3.81. The molecule has 0 saturated carbocycles. The Kier molecular flexibility index (Phi) is 4.88. The van der Waals surface area contributed by atoms with E-state index in [1.807, 2.05) is 23.1 Å². The van der Waals surface area contributed by atoms with Crippen LogP contribution in [-0.2, 0) is 17.6 Å². The molecular weight excluding hydrogens is 314 g/mol. The maximum atomic E-state index is 12.9. The molecule has 1 atom stereocenters. The van der Waals surface area contributed by atoms with Crippen LogP contribution in [0, 0.1) is 0 Å². The second-order valence-corrected chi connectivity index (χ2v) is 6.95. The van der Waals surface area contributed by atoms with Crippen molar-refractivity contribution in [2.45, 2.75) is 38.1 Å². The Morgan fingerprint density at radius 1 is 1.08 bits per heavy atom. The van der Waals surface area contributed by atoms with Crippen LogP contribution >= 0.6 is 0 Å². The van der Waals surface area contributed by atoms with Crippen LogP contribution in [0.4, 0.5) is 0 Å². The molecule has 4 nitrogen and oxygen atoms in total. The lowest BCUT2D eigenvalue weighted by atomic mass is 9.89. The molecule has 0 spiro atoms. The molecule has 1 amide bonds. The molecule has 4 heteroatoms. The molecule has 0 bridgehead atoms. The predicted octanol–water partition coefficient (Wildman–Crippen LogP) is 3.55. The zero-order chi connectivity index (χ0) is 17.9. The fraction of sp³-hybridized carbons (Fsp3) is 0.333. The van der Waals surface area contributed by atoms with Crippen LogP contribution in [0.2, 0.25) is 0 Å². The summed E-state index contributed by atoms with van der Waals surface area (Å²) in [5.41, 5.74) is 1.79. The van der Waals surface area contributed by atoms with E-state index >= 15 is 0 Å². The van der Waals surface area contributed by atoms with E-state index in [0.29, 0.717) is 5.56 Å². The van der Waals surface area contributed by atoms with Crippen LogP contribution in [-0.4, -0.2) is 34.0 Å². The highest BCUT2D eigenvalue weighted by Crippen LogP contribution is 2.33. The Balaban J connectivity index is 1.78. The van der Waals surface area contributed by atoms with Gasteiger partial charge < -0.3 is 10.0 Å². The molecule has 1 unspecified atom stereocenters. The lowest BCUT2D eigenvalue weighted by Crippen LogP contribution is -2.47. The minimum atomic E-state index is -0.989. The number of likely N-dealkylation sites (tertiary alicyclic amines) is 1. The molecule has 0 radical (unpaired) electrons. The molecule has 3 rings (SSSR count). The molecule has 0 aliphatic carbocycles. The maximum absolute atomic E-state index is 12.9. The van der Waals surface area contributed by atoms with Gasteiger partial charge in [0.25, 0.3) is 0 Å². The number of amides is 1. The van der Waals surface area contributed by atoms with Crippen LogP contribution in [0.1, 0.15) is 41.3 Å². The standard InChI is InChI=1S/C21H23NO3/c1-21(15-16-8-3-2-4-9-16)12-7-13-22(21)19(23)14-17-10-5-6-11-18(17)20(24)25/h2-6,8-11H,7,12-15H2,1H3,(H,24,25). The third-order valence-corrected chi connectivity index (χ3v) is 5.07. The minimum absolute atomic E-state index is 0.00429. The zero-order valence-corrected chi connectivity index (χ0v) is 14.4. The van der Waals surface area contributed by atoms with Gasteiger partial charge in [0, 0.05) is 12.1 Å². The van der Waals surface area contributed by atoms with Gasteiger partial charge >= 0.3 is 5.97 Å². The summed E-state index contributed by atoms with van der Waals surface area (Å²) in [4.78, 5) is 26.2. The number of carbonyl (C=O) groups is 2. The van der Waals surface area contributed by atoms with E-state index in [2.05, 4.69) is 19.1 Å². The highest BCUT2D eigenvalue weighted by Gasteiger charge is 2.39. The van der Waals surface area contributed by atoms with Crippen molar-refractivity contribution in [3.8, 4) is 0 Å². The van der Waals surface area contributed by atoms with Gasteiger partial charge in [0.1, 0.15) is 0 Å². The Morgan fingerprint density at radius 2 is 1.76 bits per heavy atom. The molecule has 2 aromatic rings. The van der Waals surface area contributed by atoms with Gasteiger partial charge in [-0.15, -0.1) is 0 Å². The van der Waals surface area contributed by atoms with E-state index < -0.39 is 5.97 Å². The summed E-state index contributed by atoms with van der Waals surface area (Å²) < 4.78 is 0. The molecule has 130 valence electrons. The maximum Gasteiger partial charge on any atom is 0.335 e. The van der Waals surface area contributed by atoms with E-state index in [0.717, 1.165) is 25.8 Å². The number of carboxylic acid groups (broad SMARTS) is 1. The monoisotopic (exact) mass is 337 g/mol. The lowest BCUT2D eigenvalue weighted by Gasteiger charge is -2.36. The molecule has 1 aliphatic rings. The Bertz CT molecular complexity index is 772. The van der Waals surface area contributed by atoms with Gasteiger partial charge in [0.2, 0.25) is 5.91 Å². The summed E-state index contributed by atoms with van der Waals surface area (Å²) in [5, 5.41) is 9.32. The topological polar surface area (TPSA) is 57.6 Å². The number of hydrogen-bond acceptors (Lipinski definition) is 2. The first kappa shape index (κ1) is 17.2. The van der Waals surface area contributed by atoms with Gasteiger partial charge in [0.15, 0.2) is 0 Å². The van der Waals surface area contributed by atoms with Gasteiger partial charge in [-0.05, 0) is 43.4 Å². The zero-order valence-electron chi connectivity index (χ0n) is 14.4. The van der Waals surface area contributed by atoms with Crippen molar-refractivity contribution in [1.82, 2.24) is 4.90 Å². The van der Waals surface area contributed by atoms with Crippen molar-refractivity contribution in [1.29, 1.82) is 0 Å². The van der Waals surface area contributed by atoms with Gasteiger partial charge in [-0.1, -0.05) is 48.5 Å². The summed E-state index contributed by atoms with van der Waals surface area (Å²) in [6, 6.07) is 17.0. The normalized spacial score (nSPS) is 19.8. The first-order valence-corrected chi connectivity index (χ1v) is 8.65. The van der Waals surface area contributed by atoms with Crippen LogP contribution < -0.4 is 0 Å². The van der Waals surface area contributed by atoms with E-state index in [1.165, 1.54) is 5.56 Å². The van der Waals surface area contributed by atoms with Crippen LogP contribution in [0.3, 0.4) is 0 Å². The minimum Gasteiger partial charge on any atom is -0.478 e. The third-order valence-electron chi connectivity index (χ3n) is 5.07. The SMILES string of the molecule is CC1(Cc2ccccc2)CCCN1C(=O)Cc1ccccc1C(=O)O.